The first-order valence-corrected chi connectivity index (χ1v) is 6.59. The highest BCUT2D eigenvalue weighted by Gasteiger charge is 2.09. The minimum atomic E-state index is 0.701. The molecule has 17 heavy (non-hydrogen) atoms. The van der Waals surface area contributed by atoms with Crippen LogP contribution in [0.15, 0.2) is 47.6 Å². The number of hydrogen-bond donors (Lipinski definition) is 0. The Labute approximate surface area is 105 Å². The first-order chi connectivity index (χ1) is 8.15. The molecule has 1 aromatic rings. The van der Waals surface area contributed by atoms with Gasteiger partial charge in [0.15, 0.2) is 0 Å². The molecule has 0 nitrogen and oxygen atoms in total. The smallest absolute Gasteiger partial charge is 0.00639 e. The van der Waals surface area contributed by atoms with E-state index in [9.17, 15) is 0 Å². The predicted octanol–water partition coefficient (Wildman–Crippen LogP) is 4.84. The van der Waals surface area contributed by atoms with Gasteiger partial charge in [-0.15, -0.1) is 0 Å². The minimum Gasteiger partial charge on any atom is -0.0673 e. The molecular weight excluding hydrogens is 204 g/mol. The van der Waals surface area contributed by atoms with Gasteiger partial charge in [-0.2, -0.15) is 0 Å². The van der Waals surface area contributed by atoms with Crippen molar-refractivity contribution in [1.29, 1.82) is 0 Å². The Kier molecular flexibility index (Phi) is 3.83. The number of aryl methyl sites for hydroxylation is 1. The molecule has 0 atom stereocenters. The summed E-state index contributed by atoms with van der Waals surface area (Å²) < 4.78 is 0. The van der Waals surface area contributed by atoms with Gasteiger partial charge in [-0.25, -0.2) is 0 Å². The maximum absolute atomic E-state index is 2.33. The summed E-state index contributed by atoms with van der Waals surface area (Å²) in [5.74, 6) is 0.701. The van der Waals surface area contributed by atoms with E-state index in [0.29, 0.717) is 5.92 Å². The number of hydrogen-bond acceptors (Lipinski definition) is 0. The molecule has 0 fully saturated rings. The maximum atomic E-state index is 2.33. The molecule has 0 spiro atoms. The van der Waals surface area contributed by atoms with Gasteiger partial charge in [-0.1, -0.05) is 67.0 Å². The molecule has 0 aliphatic heterocycles. The third-order valence-electron chi connectivity index (χ3n) is 3.56. The van der Waals surface area contributed by atoms with Crippen LogP contribution in [-0.2, 0) is 6.42 Å². The molecule has 0 bridgehead atoms. The predicted molar refractivity (Wildman–Crippen MR) is 75.1 cm³/mol. The van der Waals surface area contributed by atoms with E-state index in [1.165, 1.54) is 24.0 Å². The topological polar surface area (TPSA) is 0 Å². The zero-order valence-electron chi connectivity index (χ0n) is 11.2. The Bertz CT molecular complexity index is 430. The SMILES string of the molecule is Cc1ccc(CC2=CC=C(C(C)C)CC2)cc1. The molecule has 1 aromatic carbocycles. The summed E-state index contributed by atoms with van der Waals surface area (Å²) in [5.41, 5.74) is 5.94. The number of rotatable bonds is 3. The molecule has 0 heterocycles. The highest BCUT2D eigenvalue weighted by atomic mass is 14.1. The summed E-state index contributed by atoms with van der Waals surface area (Å²) in [4.78, 5) is 0. The molecule has 0 amide bonds. The first-order valence-electron chi connectivity index (χ1n) is 6.59. The van der Waals surface area contributed by atoms with Crippen LogP contribution in [0.25, 0.3) is 0 Å². The fourth-order valence-corrected chi connectivity index (χ4v) is 2.29. The van der Waals surface area contributed by atoms with Crippen LogP contribution < -0.4 is 0 Å². The fourth-order valence-electron chi connectivity index (χ4n) is 2.29. The van der Waals surface area contributed by atoms with Crippen LogP contribution in [0.1, 0.15) is 37.8 Å². The van der Waals surface area contributed by atoms with E-state index in [-0.39, 0.29) is 0 Å². The van der Waals surface area contributed by atoms with Gasteiger partial charge < -0.3 is 0 Å². The van der Waals surface area contributed by atoms with Crippen molar-refractivity contribution in [2.75, 3.05) is 0 Å². The summed E-state index contributed by atoms with van der Waals surface area (Å²) in [7, 11) is 0. The third kappa shape index (κ3) is 3.33. The van der Waals surface area contributed by atoms with Gasteiger partial charge in [-0.05, 0) is 37.7 Å². The molecular formula is C17H22. The molecule has 2 rings (SSSR count). The molecule has 0 unspecified atom stereocenters. The van der Waals surface area contributed by atoms with Crippen LogP contribution in [0.4, 0.5) is 0 Å². The van der Waals surface area contributed by atoms with E-state index in [2.05, 4.69) is 57.2 Å². The molecule has 0 aromatic heterocycles. The molecule has 0 saturated carbocycles. The zero-order chi connectivity index (χ0) is 12.3. The molecule has 90 valence electrons. The van der Waals surface area contributed by atoms with Gasteiger partial charge in [0, 0.05) is 0 Å². The van der Waals surface area contributed by atoms with Crippen LogP contribution in [0.2, 0.25) is 0 Å². The Balaban J connectivity index is 2.04. The lowest BCUT2D eigenvalue weighted by molar-refractivity contribution is 0.695. The number of allylic oxidation sites excluding steroid dienone is 4. The highest BCUT2D eigenvalue weighted by molar-refractivity contribution is 5.31. The van der Waals surface area contributed by atoms with Crippen molar-refractivity contribution in [1.82, 2.24) is 0 Å². The normalized spacial score (nSPS) is 15.8. The van der Waals surface area contributed by atoms with E-state index in [1.54, 1.807) is 11.1 Å². The van der Waals surface area contributed by atoms with Gasteiger partial charge in [0.25, 0.3) is 0 Å². The second-order valence-electron chi connectivity index (χ2n) is 5.38. The standard InChI is InChI=1S/C17H22/c1-13(2)17-10-8-16(9-11-17)12-15-6-4-14(3)5-7-15/h4-8,10,13H,9,11-12H2,1-3H3. The van der Waals surface area contributed by atoms with Crippen molar-refractivity contribution in [2.45, 2.75) is 40.0 Å². The average molecular weight is 226 g/mol. The van der Waals surface area contributed by atoms with Crippen molar-refractivity contribution >= 4 is 0 Å². The molecule has 1 aliphatic carbocycles. The van der Waals surface area contributed by atoms with Crippen LogP contribution in [0.5, 0.6) is 0 Å². The van der Waals surface area contributed by atoms with E-state index in [0.717, 1.165) is 6.42 Å². The lowest BCUT2D eigenvalue weighted by Crippen LogP contribution is -2.01. The Hall–Kier alpha value is -1.30. The monoisotopic (exact) mass is 226 g/mol. The molecule has 1 aliphatic rings. The van der Waals surface area contributed by atoms with Gasteiger partial charge in [0.2, 0.25) is 0 Å². The lowest BCUT2D eigenvalue weighted by Gasteiger charge is -2.17. The van der Waals surface area contributed by atoms with Crippen molar-refractivity contribution in [3.05, 3.63) is 58.7 Å². The van der Waals surface area contributed by atoms with Crippen molar-refractivity contribution in [3.63, 3.8) is 0 Å². The average Bonchev–Trinajstić information content (AvgIpc) is 2.33. The Morgan fingerprint density at radius 1 is 1.00 bits per heavy atom. The summed E-state index contributed by atoms with van der Waals surface area (Å²) >= 11 is 0. The van der Waals surface area contributed by atoms with Gasteiger partial charge in [0.05, 0.1) is 0 Å². The Morgan fingerprint density at radius 3 is 2.24 bits per heavy atom. The largest absolute Gasteiger partial charge is 0.0673 e. The summed E-state index contributed by atoms with van der Waals surface area (Å²) in [5, 5.41) is 0. The van der Waals surface area contributed by atoms with Crippen LogP contribution in [0, 0.1) is 12.8 Å². The van der Waals surface area contributed by atoms with Gasteiger partial charge >= 0.3 is 0 Å². The first kappa shape index (κ1) is 12.2. The lowest BCUT2D eigenvalue weighted by atomic mass is 9.89. The quantitative estimate of drug-likeness (QED) is 0.691. The summed E-state index contributed by atoms with van der Waals surface area (Å²) in [6.07, 6.45) is 8.26. The molecule has 0 saturated heterocycles. The molecule has 0 radical (unpaired) electrons. The van der Waals surface area contributed by atoms with E-state index in [1.807, 2.05) is 0 Å². The molecule has 0 N–H and O–H groups in total. The fraction of sp³-hybridized carbons (Fsp3) is 0.412. The van der Waals surface area contributed by atoms with E-state index >= 15 is 0 Å². The minimum absolute atomic E-state index is 0.701. The summed E-state index contributed by atoms with van der Waals surface area (Å²) in [6, 6.07) is 8.90. The number of benzene rings is 1. The zero-order valence-corrected chi connectivity index (χ0v) is 11.2. The summed E-state index contributed by atoms with van der Waals surface area (Å²) in [6.45, 7) is 6.70. The van der Waals surface area contributed by atoms with Crippen LogP contribution in [-0.4, -0.2) is 0 Å². The van der Waals surface area contributed by atoms with E-state index < -0.39 is 0 Å². The van der Waals surface area contributed by atoms with Gasteiger partial charge in [-0.3, -0.25) is 0 Å². The van der Waals surface area contributed by atoms with Crippen LogP contribution in [0.3, 0.4) is 0 Å². The van der Waals surface area contributed by atoms with Crippen LogP contribution >= 0.6 is 0 Å². The van der Waals surface area contributed by atoms with Crippen molar-refractivity contribution < 1.29 is 0 Å². The maximum Gasteiger partial charge on any atom is -0.00639 e. The van der Waals surface area contributed by atoms with E-state index in [4.69, 9.17) is 0 Å². The van der Waals surface area contributed by atoms with Crippen molar-refractivity contribution in [2.24, 2.45) is 5.92 Å². The van der Waals surface area contributed by atoms with Crippen molar-refractivity contribution in [3.8, 4) is 0 Å². The highest BCUT2D eigenvalue weighted by Crippen LogP contribution is 2.25. The second-order valence-corrected chi connectivity index (χ2v) is 5.38. The second kappa shape index (κ2) is 5.35. The Morgan fingerprint density at radius 2 is 1.71 bits per heavy atom. The molecule has 0 heteroatoms. The van der Waals surface area contributed by atoms with Gasteiger partial charge in [0.1, 0.15) is 0 Å². The third-order valence-corrected chi connectivity index (χ3v) is 3.56.